The minimum atomic E-state index is -4.87. The summed E-state index contributed by atoms with van der Waals surface area (Å²) in [5.74, 6) is -1.61. The number of aromatic nitrogens is 1. The number of nitrogens with zero attached hydrogens (tertiary/aromatic N) is 1. The zero-order chi connectivity index (χ0) is 24.2. The van der Waals surface area contributed by atoms with Crippen molar-refractivity contribution in [3.63, 3.8) is 0 Å². The number of hydrogen-bond acceptors (Lipinski definition) is 4. The highest BCUT2D eigenvalue weighted by Crippen LogP contribution is 2.36. The molecule has 0 saturated carbocycles. The molecule has 1 amide bonds. The Balaban J connectivity index is 2.20. The molecule has 3 aromatic rings. The molecular weight excluding hydrogens is 437 g/mol. The summed E-state index contributed by atoms with van der Waals surface area (Å²) in [4.78, 5) is 24.3. The van der Waals surface area contributed by atoms with Gasteiger partial charge in [-0.3, -0.25) is 9.59 Å². The van der Waals surface area contributed by atoms with E-state index in [0.29, 0.717) is 29.1 Å². The monoisotopic (exact) mass is 460 g/mol. The number of rotatable bonds is 8. The molecule has 1 heterocycles. The lowest BCUT2D eigenvalue weighted by Gasteiger charge is -2.14. The summed E-state index contributed by atoms with van der Waals surface area (Å²) in [5, 5.41) is 0. The number of halogens is 3. The Morgan fingerprint density at radius 1 is 1.06 bits per heavy atom. The number of primary amides is 1. The molecule has 1 aromatic heterocycles. The topological polar surface area (TPSA) is 83.6 Å². The number of nitrogens with two attached hydrogens (primary N) is 1. The van der Waals surface area contributed by atoms with Gasteiger partial charge in [0.1, 0.15) is 5.75 Å². The average molecular weight is 460 g/mol. The Hall–Kier alpha value is -3.75. The Morgan fingerprint density at radius 2 is 1.76 bits per heavy atom. The minimum absolute atomic E-state index is 0.0126. The maximum absolute atomic E-state index is 12.8. The zero-order valence-corrected chi connectivity index (χ0v) is 18.1. The van der Waals surface area contributed by atoms with Gasteiger partial charge in [-0.2, -0.15) is 0 Å². The van der Waals surface area contributed by atoms with Gasteiger partial charge >= 0.3 is 12.3 Å². The number of esters is 1. The number of hydrogen-bond donors (Lipinski definition) is 1. The first-order valence-electron chi connectivity index (χ1n) is 10.1. The van der Waals surface area contributed by atoms with Gasteiger partial charge in [-0.15, -0.1) is 13.2 Å². The molecule has 2 aromatic carbocycles. The molecule has 6 nitrogen and oxygen atoms in total. The summed E-state index contributed by atoms with van der Waals surface area (Å²) in [6.45, 7) is 2.09. The largest absolute Gasteiger partial charge is 0.573 e. The van der Waals surface area contributed by atoms with Crippen LogP contribution in [0.5, 0.6) is 5.75 Å². The maximum atomic E-state index is 12.8. The number of carbonyl (C=O) groups excluding carboxylic acids is 2. The number of ether oxygens (including phenoxy) is 2. The Labute approximate surface area is 188 Å². The van der Waals surface area contributed by atoms with E-state index < -0.39 is 24.0 Å². The lowest BCUT2D eigenvalue weighted by Crippen LogP contribution is -2.17. The Bertz CT molecular complexity index is 1150. The molecule has 9 heteroatoms. The molecule has 0 aliphatic heterocycles. The predicted molar refractivity (Wildman–Crippen MR) is 116 cm³/mol. The summed E-state index contributed by atoms with van der Waals surface area (Å²) in [7, 11) is 1.27. The fourth-order valence-electron chi connectivity index (χ4n) is 3.82. The van der Waals surface area contributed by atoms with Gasteiger partial charge in [0.25, 0.3) is 5.91 Å². The van der Waals surface area contributed by atoms with Gasteiger partial charge in [0.05, 0.1) is 19.1 Å². The first-order chi connectivity index (χ1) is 15.6. The van der Waals surface area contributed by atoms with Crippen LogP contribution >= 0.6 is 0 Å². The van der Waals surface area contributed by atoms with E-state index in [1.165, 1.54) is 25.3 Å². The van der Waals surface area contributed by atoms with Crippen LogP contribution in [0, 0.1) is 6.92 Å². The van der Waals surface area contributed by atoms with Crippen LogP contribution in [-0.4, -0.2) is 29.9 Å². The summed E-state index contributed by atoms with van der Waals surface area (Å²) in [6, 6.07) is 14.8. The predicted octanol–water partition coefficient (Wildman–Crippen LogP) is 4.61. The third-order valence-corrected chi connectivity index (χ3v) is 5.21. The van der Waals surface area contributed by atoms with E-state index in [2.05, 4.69) is 4.74 Å². The van der Waals surface area contributed by atoms with Crippen LogP contribution in [0.2, 0.25) is 0 Å². The van der Waals surface area contributed by atoms with Crippen molar-refractivity contribution < 1.29 is 32.2 Å². The van der Waals surface area contributed by atoms with Crippen molar-refractivity contribution >= 4 is 11.9 Å². The fraction of sp³-hybridized carbons (Fsp3) is 0.250. The highest BCUT2D eigenvalue weighted by Gasteiger charge is 2.32. The van der Waals surface area contributed by atoms with Crippen LogP contribution in [0.15, 0.2) is 54.6 Å². The summed E-state index contributed by atoms with van der Waals surface area (Å²) in [6.07, 6.45) is -4.67. The second-order valence-electron chi connectivity index (χ2n) is 7.37. The van der Waals surface area contributed by atoms with Crippen molar-refractivity contribution in [2.45, 2.75) is 32.7 Å². The zero-order valence-electron chi connectivity index (χ0n) is 18.1. The molecule has 3 rings (SSSR count). The second-order valence-corrected chi connectivity index (χ2v) is 7.37. The molecule has 0 saturated heterocycles. The molecule has 2 N–H and O–H groups in total. The van der Waals surface area contributed by atoms with Crippen LogP contribution in [-0.2, 0) is 22.5 Å². The van der Waals surface area contributed by atoms with Crippen LogP contribution in [0.4, 0.5) is 13.2 Å². The van der Waals surface area contributed by atoms with E-state index in [4.69, 9.17) is 10.5 Å². The summed E-state index contributed by atoms with van der Waals surface area (Å²) in [5.41, 5.74) is 8.62. The Morgan fingerprint density at radius 3 is 2.36 bits per heavy atom. The van der Waals surface area contributed by atoms with Crippen LogP contribution in [0.1, 0.15) is 33.7 Å². The van der Waals surface area contributed by atoms with E-state index in [1.807, 2.05) is 34.9 Å². The van der Waals surface area contributed by atoms with E-state index in [0.717, 1.165) is 5.56 Å². The summed E-state index contributed by atoms with van der Waals surface area (Å²) >= 11 is 0. The van der Waals surface area contributed by atoms with Gasteiger partial charge in [-0.1, -0.05) is 42.5 Å². The molecule has 0 spiro atoms. The van der Waals surface area contributed by atoms with Crippen molar-refractivity contribution in [1.29, 1.82) is 0 Å². The molecule has 0 bridgehead atoms. The van der Waals surface area contributed by atoms with Crippen molar-refractivity contribution in [3.8, 4) is 16.9 Å². The number of carbonyl (C=O) groups is 2. The van der Waals surface area contributed by atoms with Crippen molar-refractivity contribution in [3.05, 3.63) is 77.1 Å². The molecule has 0 fully saturated rings. The minimum Gasteiger partial charge on any atom is -0.469 e. The van der Waals surface area contributed by atoms with Crippen molar-refractivity contribution in [2.24, 2.45) is 5.73 Å². The third-order valence-electron chi connectivity index (χ3n) is 5.21. The maximum Gasteiger partial charge on any atom is 0.573 e. The molecule has 33 heavy (non-hydrogen) atoms. The molecule has 0 radical (unpaired) electrons. The van der Waals surface area contributed by atoms with Crippen LogP contribution in [0.3, 0.4) is 0 Å². The number of alkyl halides is 3. The first-order valence-corrected chi connectivity index (χ1v) is 10.1. The lowest BCUT2D eigenvalue weighted by molar-refractivity contribution is -0.274. The molecule has 0 aliphatic carbocycles. The van der Waals surface area contributed by atoms with Gasteiger partial charge in [0.2, 0.25) is 0 Å². The van der Waals surface area contributed by atoms with E-state index in [-0.39, 0.29) is 18.4 Å². The molecule has 174 valence electrons. The SMILES string of the molecule is COC(=O)CCc1c(-c2cccc(OC(F)(F)F)c2)c(C(N)=O)c(C)n1Cc1ccccc1. The second kappa shape index (κ2) is 9.81. The quantitative estimate of drug-likeness (QED) is 0.498. The van der Waals surface area contributed by atoms with Crippen LogP contribution < -0.4 is 10.5 Å². The highest BCUT2D eigenvalue weighted by atomic mass is 19.4. The lowest BCUT2D eigenvalue weighted by atomic mass is 9.97. The van der Waals surface area contributed by atoms with Gasteiger partial charge in [0.15, 0.2) is 0 Å². The number of amides is 1. The fourth-order valence-corrected chi connectivity index (χ4v) is 3.82. The smallest absolute Gasteiger partial charge is 0.469 e. The van der Waals surface area contributed by atoms with Crippen LogP contribution in [0.25, 0.3) is 11.1 Å². The van der Waals surface area contributed by atoms with Gasteiger partial charge in [-0.05, 0) is 36.6 Å². The van der Waals surface area contributed by atoms with E-state index >= 15 is 0 Å². The van der Waals surface area contributed by atoms with Gasteiger partial charge < -0.3 is 19.8 Å². The molecule has 0 atom stereocenters. The highest BCUT2D eigenvalue weighted by molar-refractivity contribution is 6.02. The molecule has 0 unspecified atom stereocenters. The van der Waals surface area contributed by atoms with Crippen molar-refractivity contribution in [2.75, 3.05) is 7.11 Å². The average Bonchev–Trinajstić information content (AvgIpc) is 3.03. The third kappa shape index (κ3) is 5.74. The standard InChI is InChI=1S/C24H23F3N2O4/c1-15-21(23(28)31)22(17-9-6-10-18(13-17)33-24(25,26)27)19(11-12-20(30)32-2)29(15)14-16-7-4-3-5-8-16/h3-10,13H,11-12,14H2,1-2H3,(H2,28,31). The number of benzene rings is 2. The first kappa shape index (κ1) is 23.9. The normalized spacial score (nSPS) is 11.3. The van der Waals surface area contributed by atoms with E-state index in [9.17, 15) is 22.8 Å². The molecule has 0 aliphatic rings. The van der Waals surface area contributed by atoms with E-state index in [1.54, 1.807) is 13.0 Å². The summed E-state index contributed by atoms with van der Waals surface area (Å²) < 4.78 is 49.0. The van der Waals surface area contributed by atoms with Gasteiger partial charge in [-0.25, -0.2) is 0 Å². The van der Waals surface area contributed by atoms with Gasteiger partial charge in [0, 0.05) is 23.5 Å². The number of methoxy groups -OCH3 is 1. The molecular formula is C24H23F3N2O4. The Kier molecular flexibility index (Phi) is 7.10. The van der Waals surface area contributed by atoms with Crippen molar-refractivity contribution in [1.82, 2.24) is 4.57 Å².